The first-order chi connectivity index (χ1) is 8.21. The molecule has 100 valence electrons. The van der Waals surface area contributed by atoms with Crippen molar-refractivity contribution in [3.8, 4) is 0 Å². The monoisotopic (exact) mass is 260 g/mol. The van der Waals surface area contributed by atoms with Crippen molar-refractivity contribution in [2.45, 2.75) is 25.7 Å². The van der Waals surface area contributed by atoms with Gasteiger partial charge in [0.15, 0.2) is 0 Å². The number of rotatable bonds is 3. The Morgan fingerprint density at radius 1 is 1.33 bits per heavy atom. The van der Waals surface area contributed by atoms with Crippen LogP contribution in [0.15, 0.2) is 24.3 Å². The van der Waals surface area contributed by atoms with Gasteiger partial charge in [0.1, 0.15) is 0 Å². The van der Waals surface area contributed by atoms with E-state index in [1.807, 2.05) is 0 Å². The summed E-state index contributed by atoms with van der Waals surface area (Å²) in [5.41, 5.74) is 5.35. The fourth-order valence-corrected chi connectivity index (χ4v) is 1.50. The number of hydrogen-bond acceptors (Lipinski definition) is 2. The lowest BCUT2D eigenvalue weighted by Gasteiger charge is -2.19. The van der Waals surface area contributed by atoms with E-state index in [1.165, 1.54) is 17.0 Å². The number of carbonyl (C=O) groups is 1. The molecule has 2 N–H and O–H groups in total. The first kappa shape index (κ1) is 14.5. The lowest BCUT2D eigenvalue weighted by molar-refractivity contribution is -0.137. The Labute approximate surface area is 103 Å². The van der Waals surface area contributed by atoms with E-state index < -0.39 is 17.8 Å². The Hall–Kier alpha value is -1.56. The first-order valence-corrected chi connectivity index (χ1v) is 5.38. The van der Waals surface area contributed by atoms with Crippen molar-refractivity contribution in [1.29, 1.82) is 0 Å². The summed E-state index contributed by atoms with van der Waals surface area (Å²) in [4.78, 5) is 12.9. The van der Waals surface area contributed by atoms with Gasteiger partial charge in [0, 0.05) is 13.6 Å². The maximum Gasteiger partial charge on any atom is 0.416 e. The van der Waals surface area contributed by atoms with Gasteiger partial charge >= 0.3 is 6.18 Å². The zero-order chi connectivity index (χ0) is 13.9. The van der Waals surface area contributed by atoms with Crippen LogP contribution in [0.2, 0.25) is 0 Å². The summed E-state index contributed by atoms with van der Waals surface area (Å²) >= 11 is 0. The summed E-state index contributed by atoms with van der Waals surface area (Å²) in [7, 11) is 1.56. The van der Waals surface area contributed by atoms with Gasteiger partial charge in [-0.15, -0.1) is 0 Å². The van der Waals surface area contributed by atoms with Gasteiger partial charge in [0.05, 0.1) is 11.6 Å². The van der Waals surface area contributed by atoms with Crippen LogP contribution in [0.4, 0.5) is 13.2 Å². The van der Waals surface area contributed by atoms with Crippen LogP contribution in [0.25, 0.3) is 0 Å². The third-order valence-corrected chi connectivity index (χ3v) is 2.47. The van der Waals surface area contributed by atoms with E-state index in [0.29, 0.717) is 5.56 Å². The van der Waals surface area contributed by atoms with Crippen LogP contribution in [0.1, 0.15) is 18.1 Å². The van der Waals surface area contributed by atoms with Crippen molar-refractivity contribution >= 4 is 5.91 Å². The number of carbonyl (C=O) groups excluding carboxylic acids is 1. The average molecular weight is 260 g/mol. The fourth-order valence-electron chi connectivity index (χ4n) is 1.50. The lowest BCUT2D eigenvalue weighted by atomic mass is 10.1. The fraction of sp³-hybridized carbons (Fsp3) is 0.417. The second kappa shape index (κ2) is 5.39. The Kier molecular flexibility index (Phi) is 4.34. The molecule has 1 atom stereocenters. The largest absolute Gasteiger partial charge is 0.416 e. The van der Waals surface area contributed by atoms with Gasteiger partial charge in [0.25, 0.3) is 0 Å². The smallest absolute Gasteiger partial charge is 0.340 e. The van der Waals surface area contributed by atoms with Gasteiger partial charge in [-0.1, -0.05) is 12.1 Å². The molecule has 6 heteroatoms. The quantitative estimate of drug-likeness (QED) is 0.903. The van der Waals surface area contributed by atoms with Crippen molar-refractivity contribution < 1.29 is 18.0 Å². The van der Waals surface area contributed by atoms with E-state index in [0.717, 1.165) is 12.1 Å². The zero-order valence-corrected chi connectivity index (χ0v) is 10.2. The van der Waals surface area contributed by atoms with Crippen LogP contribution >= 0.6 is 0 Å². The lowest BCUT2D eigenvalue weighted by Crippen LogP contribution is -2.39. The number of likely N-dealkylation sites (N-methyl/N-ethyl adjacent to an activating group) is 1. The number of hydrogen-bond donors (Lipinski definition) is 1. The SMILES string of the molecule is CC(N)C(=O)N(C)Cc1ccc(C(F)(F)F)cc1. The van der Waals surface area contributed by atoms with Gasteiger partial charge < -0.3 is 10.6 Å². The molecule has 0 heterocycles. The van der Waals surface area contributed by atoms with Gasteiger partial charge in [0.2, 0.25) is 5.91 Å². The normalized spacial score (nSPS) is 13.2. The molecule has 1 amide bonds. The number of benzene rings is 1. The molecular formula is C12H15F3N2O. The zero-order valence-electron chi connectivity index (χ0n) is 10.2. The molecule has 18 heavy (non-hydrogen) atoms. The number of alkyl halides is 3. The molecule has 3 nitrogen and oxygen atoms in total. The summed E-state index contributed by atoms with van der Waals surface area (Å²) in [5.74, 6) is -0.255. The summed E-state index contributed by atoms with van der Waals surface area (Å²) in [6.07, 6.45) is -4.34. The Morgan fingerprint density at radius 2 is 1.83 bits per heavy atom. The number of amides is 1. The molecule has 1 unspecified atom stereocenters. The van der Waals surface area contributed by atoms with Crippen LogP contribution in [-0.2, 0) is 17.5 Å². The molecule has 0 aromatic heterocycles. The van der Waals surface area contributed by atoms with Crippen molar-refractivity contribution in [2.75, 3.05) is 7.05 Å². The minimum atomic E-state index is -4.34. The van der Waals surface area contributed by atoms with E-state index in [4.69, 9.17) is 5.73 Å². The van der Waals surface area contributed by atoms with Crippen LogP contribution in [-0.4, -0.2) is 23.9 Å². The number of nitrogens with two attached hydrogens (primary N) is 1. The van der Waals surface area contributed by atoms with Crippen molar-refractivity contribution in [1.82, 2.24) is 4.90 Å². The number of nitrogens with zero attached hydrogens (tertiary/aromatic N) is 1. The summed E-state index contributed by atoms with van der Waals surface area (Å²) in [6.45, 7) is 1.80. The molecule has 0 saturated carbocycles. The molecule has 0 aliphatic carbocycles. The van der Waals surface area contributed by atoms with Crippen molar-refractivity contribution in [3.63, 3.8) is 0 Å². The Balaban J connectivity index is 2.73. The maximum atomic E-state index is 12.3. The highest BCUT2D eigenvalue weighted by Crippen LogP contribution is 2.29. The molecule has 0 bridgehead atoms. The second-order valence-electron chi connectivity index (χ2n) is 4.18. The predicted octanol–water partition coefficient (Wildman–Crippen LogP) is 2.01. The summed E-state index contributed by atoms with van der Waals surface area (Å²) in [5, 5.41) is 0. The molecular weight excluding hydrogens is 245 g/mol. The highest BCUT2D eigenvalue weighted by atomic mass is 19.4. The summed E-state index contributed by atoms with van der Waals surface area (Å²) in [6, 6.07) is 4.09. The van der Waals surface area contributed by atoms with E-state index in [-0.39, 0.29) is 12.5 Å². The Bertz CT molecular complexity index is 412. The molecule has 0 spiro atoms. The molecule has 0 fully saturated rings. The van der Waals surface area contributed by atoms with Crippen LogP contribution in [0, 0.1) is 0 Å². The molecule has 0 aliphatic heterocycles. The van der Waals surface area contributed by atoms with Gasteiger partial charge in [-0.2, -0.15) is 13.2 Å². The molecule has 0 saturated heterocycles. The highest BCUT2D eigenvalue weighted by Gasteiger charge is 2.29. The van der Waals surface area contributed by atoms with Gasteiger partial charge in [-0.05, 0) is 24.6 Å². The van der Waals surface area contributed by atoms with Crippen LogP contribution < -0.4 is 5.73 Å². The molecule has 0 radical (unpaired) electrons. The molecule has 1 aromatic rings. The third kappa shape index (κ3) is 3.73. The van der Waals surface area contributed by atoms with Crippen molar-refractivity contribution in [2.24, 2.45) is 5.73 Å². The van der Waals surface area contributed by atoms with E-state index >= 15 is 0 Å². The third-order valence-electron chi connectivity index (χ3n) is 2.47. The number of halogens is 3. The predicted molar refractivity (Wildman–Crippen MR) is 61.6 cm³/mol. The highest BCUT2D eigenvalue weighted by molar-refractivity contribution is 5.80. The minimum absolute atomic E-state index is 0.235. The van der Waals surface area contributed by atoms with Crippen LogP contribution in [0.3, 0.4) is 0 Å². The Morgan fingerprint density at radius 3 is 2.22 bits per heavy atom. The maximum absolute atomic E-state index is 12.3. The molecule has 1 rings (SSSR count). The van der Waals surface area contributed by atoms with Gasteiger partial charge in [-0.3, -0.25) is 4.79 Å². The van der Waals surface area contributed by atoms with E-state index in [1.54, 1.807) is 14.0 Å². The van der Waals surface area contributed by atoms with Crippen LogP contribution in [0.5, 0.6) is 0 Å². The first-order valence-electron chi connectivity index (χ1n) is 5.38. The summed E-state index contributed by atoms with van der Waals surface area (Å²) < 4.78 is 37.0. The standard InChI is InChI=1S/C12H15F3N2O/c1-8(16)11(18)17(2)7-9-3-5-10(6-4-9)12(13,14)15/h3-6,8H,7,16H2,1-2H3. The second-order valence-corrected chi connectivity index (χ2v) is 4.18. The van der Waals surface area contributed by atoms with E-state index in [2.05, 4.69) is 0 Å². The molecule has 0 aliphatic rings. The topological polar surface area (TPSA) is 46.3 Å². The van der Waals surface area contributed by atoms with Gasteiger partial charge in [-0.25, -0.2) is 0 Å². The van der Waals surface area contributed by atoms with E-state index in [9.17, 15) is 18.0 Å². The van der Waals surface area contributed by atoms with Crippen molar-refractivity contribution in [3.05, 3.63) is 35.4 Å². The minimum Gasteiger partial charge on any atom is -0.340 e. The molecule has 1 aromatic carbocycles. The average Bonchev–Trinajstić information content (AvgIpc) is 2.27.